The number of aromatic amines is 1. The lowest BCUT2D eigenvalue weighted by atomic mass is 10.3. The second-order valence-corrected chi connectivity index (χ2v) is 3.40. The molecule has 2 rings (SSSR count). The van der Waals surface area contributed by atoms with Gasteiger partial charge < -0.3 is 10.1 Å². The van der Waals surface area contributed by atoms with Crippen molar-refractivity contribution < 1.29 is 9.53 Å². The average molecular weight is 232 g/mol. The van der Waals surface area contributed by atoms with E-state index in [4.69, 9.17) is 4.74 Å². The monoisotopic (exact) mass is 232 g/mol. The number of carbonyl (C=O) groups excluding carboxylic acids is 1. The van der Waals surface area contributed by atoms with Crippen molar-refractivity contribution in [3.63, 3.8) is 0 Å². The number of benzene rings is 1. The van der Waals surface area contributed by atoms with Gasteiger partial charge in [-0.1, -0.05) is 12.1 Å². The van der Waals surface area contributed by atoms with Gasteiger partial charge in [-0.2, -0.15) is 0 Å². The fraction of sp³-hybridized carbons (Fsp3) is 0.182. The normalized spacial score (nSPS) is 10.0. The van der Waals surface area contributed by atoms with Crippen molar-refractivity contribution in [2.45, 2.75) is 6.92 Å². The number of ether oxygens (including phenoxy) is 1. The molecule has 88 valence electrons. The van der Waals surface area contributed by atoms with Crippen molar-refractivity contribution in [3.8, 4) is 5.75 Å². The number of H-pyrrole nitrogens is 1. The number of hydrogen-bond donors (Lipinski definition) is 2. The van der Waals surface area contributed by atoms with Crippen LogP contribution in [0.15, 0.2) is 24.3 Å². The van der Waals surface area contributed by atoms with Crippen LogP contribution in [0.4, 0.5) is 5.69 Å². The molecule has 0 saturated carbocycles. The minimum Gasteiger partial charge on any atom is -0.495 e. The van der Waals surface area contributed by atoms with E-state index in [1.807, 2.05) is 6.07 Å². The molecule has 0 aliphatic heterocycles. The van der Waals surface area contributed by atoms with E-state index in [9.17, 15) is 4.79 Å². The second kappa shape index (κ2) is 4.65. The summed E-state index contributed by atoms with van der Waals surface area (Å²) in [4.78, 5) is 15.7. The zero-order valence-corrected chi connectivity index (χ0v) is 9.52. The van der Waals surface area contributed by atoms with Crippen LogP contribution in [0.2, 0.25) is 0 Å². The maximum atomic E-state index is 11.8. The molecule has 0 aliphatic carbocycles. The SMILES string of the molecule is COc1ccccc1NC(=O)c1n[nH]c(C)n1. The van der Waals surface area contributed by atoms with Crippen LogP contribution < -0.4 is 10.1 Å². The van der Waals surface area contributed by atoms with E-state index in [-0.39, 0.29) is 11.7 Å². The van der Waals surface area contributed by atoms with Crippen LogP contribution in [0, 0.1) is 6.92 Å². The van der Waals surface area contributed by atoms with Gasteiger partial charge in [0.15, 0.2) is 0 Å². The molecule has 0 aliphatic rings. The Balaban J connectivity index is 2.18. The number of anilines is 1. The Labute approximate surface area is 98.0 Å². The zero-order valence-electron chi connectivity index (χ0n) is 9.52. The molecule has 17 heavy (non-hydrogen) atoms. The van der Waals surface area contributed by atoms with Crippen molar-refractivity contribution in [1.82, 2.24) is 15.2 Å². The first kappa shape index (κ1) is 11.1. The maximum Gasteiger partial charge on any atom is 0.295 e. The lowest BCUT2D eigenvalue weighted by molar-refractivity contribution is 0.101. The smallest absolute Gasteiger partial charge is 0.295 e. The molecule has 6 heteroatoms. The average Bonchev–Trinajstić information content (AvgIpc) is 2.77. The number of para-hydroxylation sites is 2. The number of amides is 1. The number of nitrogens with zero attached hydrogens (tertiary/aromatic N) is 2. The molecule has 1 heterocycles. The van der Waals surface area contributed by atoms with Crippen LogP contribution in [0.1, 0.15) is 16.4 Å². The number of rotatable bonds is 3. The fourth-order valence-corrected chi connectivity index (χ4v) is 1.37. The molecule has 1 amide bonds. The Morgan fingerprint density at radius 1 is 1.41 bits per heavy atom. The summed E-state index contributed by atoms with van der Waals surface area (Å²) in [5, 5.41) is 9.07. The molecular formula is C11H12N4O2. The van der Waals surface area contributed by atoms with Crippen LogP contribution in [-0.4, -0.2) is 28.2 Å². The summed E-state index contributed by atoms with van der Waals surface area (Å²) in [6.45, 7) is 1.73. The first-order chi connectivity index (χ1) is 8.20. The third kappa shape index (κ3) is 2.41. The van der Waals surface area contributed by atoms with Gasteiger partial charge >= 0.3 is 0 Å². The summed E-state index contributed by atoms with van der Waals surface area (Å²) in [7, 11) is 1.54. The predicted molar refractivity (Wildman–Crippen MR) is 62.1 cm³/mol. The number of methoxy groups -OCH3 is 1. The molecule has 0 bridgehead atoms. The molecule has 0 radical (unpaired) electrons. The molecule has 1 aromatic heterocycles. The third-order valence-corrected chi connectivity index (χ3v) is 2.16. The Morgan fingerprint density at radius 3 is 2.82 bits per heavy atom. The summed E-state index contributed by atoms with van der Waals surface area (Å²) in [5.41, 5.74) is 0.586. The third-order valence-electron chi connectivity index (χ3n) is 2.16. The van der Waals surface area contributed by atoms with Crippen molar-refractivity contribution in [2.75, 3.05) is 12.4 Å². The zero-order chi connectivity index (χ0) is 12.3. The lowest BCUT2D eigenvalue weighted by Crippen LogP contribution is -2.14. The summed E-state index contributed by atoms with van der Waals surface area (Å²) >= 11 is 0. The fourth-order valence-electron chi connectivity index (χ4n) is 1.37. The second-order valence-electron chi connectivity index (χ2n) is 3.40. The van der Waals surface area contributed by atoms with E-state index in [0.717, 1.165) is 0 Å². The Bertz CT molecular complexity index is 536. The lowest BCUT2D eigenvalue weighted by Gasteiger charge is -2.07. The summed E-state index contributed by atoms with van der Waals surface area (Å²) in [6.07, 6.45) is 0. The van der Waals surface area contributed by atoms with Gasteiger partial charge in [-0.05, 0) is 19.1 Å². The number of nitrogens with one attached hydrogen (secondary N) is 2. The van der Waals surface area contributed by atoms with Crippen molar-refractivity contribution in [2.24, 2.45) is 0 Å². The highest BCUT2D eigenvalue weighted by atomic mass is 16.5. The molecular weight excluding hydrogens is 220 g/mol. The first-order valence-corrected chi connectivity index (χ1v) is 5.04. The number of carbonyl (C=O) groups is 1. The number of aromatic nitrogens is 3. The molecule has 0 fully saturated rings. The van der Waals surface area contributed by atoms with Crippen LogP contribution >= 0.6 is 0 Å². The van der Waals surface area contributed by atoms with Crippen LogP contribution in [0.3, 0.4) is 0 Å². The van der Waals surface area contributed by atoms with Crippen LogP contribution in [-0.2, 0) is 0 Å². The Hall–Kier alpha value is -2.37. The van der Waals surface area contributed by atoms with Gasteiger partial charge in [-0.25, -0.2) is 4.98 Å². The van der Waals surface area contributed by atoms with Crippen LogP contribution in [0.5, 0.6) is 5.75 Å². The quantitative estimate of drug-likeness (QED) is 0.837. The van der Waals surface area contributed by atoms with E-state index < -0.39 is 0 Å². The van der Waals surface area contributed by atoms with Crippen LogP contribution in [0.25, 0.3) is 0 Å². The van der Waals surface area contributed by atoms with Gasteiger partial charge in [0.05, 0.1) is 12.8 Å². The molecule has 1 aromatic carbocycles. The van der Waals surface area contributed by atoms with Crippen molar-refractivity contribution >= 4 is 11.6 Å². The molecule has 0 atom stereocenters. The van der Waals surface area contributed by atoms with E-state index in [2.05, 4.69) is 20.5 Å². The minimum absolute atomic E-state index is 0.105. The van der Waals surface area contributed by atoms with Crippen molar-refractivity contribution in [1.29, 1.82) is 0 Å². The summed E-state index contributed by atoms with van der Waals surface area (Å²) in [6, 6.07) is 7.14. The van der Waals surface area contributed by atoms with Gasteiger partial charge in [0.2, 0.25) is 5.82 Å². The minimum atomic E-state index is -0.376. The predicted octanol–water partition coefficient (Wildman–Crippen LogP) is 1.37. The molecule has 0 spiro atoms. The van der Waals surface area contributed by atoms with E-state index in [1.165, 1.54) is 0 Å². The number of aryl methyl sites for hydroxylation is 1. The highest BCUT2D eigenvalue weighted by Gasteiger charge is 2.13. The Morgan fingerprint density at radius 2 is 2.18 bits per heavy atom. The molecule has 6 nitrogen and oxygen atoms in total. The topological polar surface area (TPSA) is 79.9 Å². The van der Waals surface area contributed by atoms with Gasteiger partial charge in [-0.15, -0.1) is 5.10 Å². The molecule has 0 saturated heterocycles. The highest BCUT2D eigenvalue weighted by molar-refractivity contribution is 6.02. The summed E-state index contributed by atoms with van der Waals surface area (Å²) < 4.78 is 5.12. The van der Waals surface area contributed by atoms with E-state index in [0.29, 0.717) is 17.3 Å². The summed E-state index contributed by atoms with van der Waals surface area (Å²) in [5.74, 6) is 0.913. The van der Waals surface area contributed by atoms with Gasteiger partial charge in [0, 0.05) is 0 Å². The standard InChI is InChI=1S/C11H12N4O2/c1-7-12-10(15-14-7)11(16)13-8-5-3-4-6-9(8)17-2/h3-6H,1-2H3,(H,13,16)(H,12,14,15). The van der Waals surface area contributed by atoms with E-state index >= 15 is 0 Å². The highest BCUT2D eigenvalue weighted by Crippen LogP contribution is 2.23. The van der Waals surface area contributed by atoms with Gasteiger partial charge in [0.1, 0.15) is 11.6 Å². The Kier molecular flexibility index (Phi) is 3.04. The largest absolute Gasteiger partial charge is 0.495 e. The first-order valence-electron chi connectivity index (χ1n) is 5.04. The molecule has 2 aromatic rings. The van der Waals surface area contributed by atoms with E-state index in [1.54, 1.807) is 32.2 Å². The molecule has 0 unspecified atom stereocenters. The molecule has 2 N–H and O–H groups in total. The van der Waals surface area contributed by atoms with Gasteiger partial charge in [0.25, 0.3) is 5.91 Å². The number of hydrogen-bond acceptors (Lipinski definition) is 4. The van der Waals surface area contributed by atoms with Gasteiger partial charge in [-0.3, -0.25) is 9.89 Å². The van der Waals surface area contributed by atoms with Crippen molar-refractivity contribution in [3.05, 3.63) is 35.9 Å². The maximum absolute atomic E-state index is 11.8.